The van der Waals surface area contributed by atoms with E-state index >= 15 is 0 Å². The molecule has 16 heavy (non-hydrogen) atoms. The Morgan fingerprint density at radius 2 is 2.31 bits per heavy atom. The first kappa shape index (κ1) is 11.2. The summed E-state index contributed by atoms with van der Waals surface area (Å²) in [4.78, 5) is 16.8. The minimum atomic E-state index is -0.319. The zero-order valence-corrected chi connectivity index (χ0v) is 9.31. The Labute approximate surface area is 94.3 Å². The highest BCUT2D eigenvalue weighted by atomic mass is 16.5. The van der Waals surface area contributed by atoms with E-state index < -0.39 is 0 Å². The quantitative estimate of drug-likeness (QED) is 0.762. The van der Waals surface area contributed by atoms with Crippen molar-refractivity contribution in [3.05, 3.63) is 24.0 Å². The summed E-state index contributed by atoms with van der Waals surface area (Å²) in [7, 11) is 1.42. The second kappa shape index (κ2) is 5.14. The van der Waals surface area contributed by atoms with Gasteiger partial charge in [-0.25, -0.2) is 4.79 Å². The minimum absolute atomic E-state index is 0.221. The second-order valence-electron chi connectivity index (χ2n) is 3.72. The van der Waals surface area contributed by atoms with Gasteiger partial charge in [0.2, 0.25) is 0 Å². The van der Waals surface area contributed by atoms with Crippen molar-refractivity contribution in [2.45, 2.75) is 6.04 Å². The Kier molecular flexibility index (Phi) is 3.58. The smallest absolute Gasteiger partial charge is 0.327 e. The molecular formula is C11H16N2O3. The molecule has 1 aromatic rings. The van der Waals surface area contributed by atoms with Crippen LogP contribution in [0.3, 0.4) is 0 Å². The SMILES string of the molecule is COC(=O)C(c1cc[nH]c1)N1CCOCC1. The van der Waals surface area contributed by atoms with Gasteiger partial charge in [-0.1, -0.05) is 0 Å². The van der Waals surface area contributed by atoms with Crippen molar-refractivity contribution >= 4 is 5.97 Å². The molecule has 1 fully saturated rings. The molecule has 5 nitrogen and oxygen atoms in total. The summed E-state index contributed by atoms with van der Waals surface area (Å²) < 4.78 is 10.1. The van der Waals surface area contributed by atoms with E-state index in [9.17, 15) is 4.79 Å². The van der Waals surface area contributed by atoms with Crippen molar-refractivity contribution in [2.24, 2.45) is 0 Å². The summed E-state index contributed by atoms with van der Waals surface area (Å²) in [5, 5.41) is 0. The highest BCUT2D eigenvalue weighted by Crippen LogP contribution is 2.22. The van der Waals surface area contributed by atoms with E-state index in [1.54, 1.807) is 0 Å². The highest BCUT2D eigenvalue weighted by Gasteiger charge is 2.29. The number of rotatable bonds is 3. The molecule has 0 radical (unpaired) electrons. The molecule has 0 bridgehead atoms. The lowest BCUT2D eigenvalue weighted by molar-refractivity contribution is -0.149. The molecule has 1 saturated heterocycles. The zero-order valence-electron chi connectivity index (χ0n) is 9.31. The predicted octanol–water partition coefficient (Wildman–Crippen LogP) is 0.561. The molecule has 1 aliphatic heterocycles. The maximum atomic E-state index is 11.8. The highest BCUT2D eigenvalue weighted by molar-refractivity contribution is 5.77. The van der Waals surface area contributed by atoms with Crippen molar-refractivity contribution in [2.75, 3.05) is 33.4 Å². The fourth-order valence-corrected chi connectivity index (χ4v) is 1.95. The number of nitrogens with zero attached hydrogens (tertiary/aromatic N) is 1. The maximum Gasteiger partial charge on any atom is 0.327 e. The predicted molar refractivity (Wildman–Crippen MR) is 57.9 cm³/mol. The molecular weight excluding hydrogens is 208 g/mol. The fraction of sp³-hybridized carbons (Fsp3) is 0.545. The van der Waals surface area contributed by atoms with Gasteiger partial charge in [0.05, 0.1) is 20.3 Å². The standard InChI is InChI=1S/C11H16N2O3/c1-15-11(14)10(9-2-3-12-8-9)13-4-6-16-7-5-13/h2-3,8,10,12H,4-7H2,1H3. The molecule has 1 N–H and O–H groups in total. The number of carbonyl (C=O) groups excluding carboxylic acids is 1. The monoisotopic (exact) mass is 224 g/mol. The number of carbonyl (C=O) groups is 1. The number of nitrogens with one attached hydrogen (secondary N) is 1. The average molecular weight is 224 g/mol. The normalized spacial score (nSPS) is 19.3. The zero-order chi connectivity index (χ0) is 11.4. The Morgan fingerprint density at radius 1 is 1.56 bits per heavy atom. The van der Waals surface area contributed by atoms with Crippen LogP contribution in [0.4, 0.5) is 0 Å². The molecule has 5 heteroatoms. The summed E-state index contributed by atoms with van der Waals surface area (Å²) in [6.07, 6.45) is 3.64. The topological polar surface area (TPSA) is 54.6 Å². The molecule has 0 aliphatic carbocycles. The van der Waals surface area contributed by atoms with Crippen molar-refractivity contribution in [1.29, 1.82) is 0 Å². The molecule has 1 aliphatic rings. The molecule has 1 atom stereocenters. The molecule has 2 rings (SSSR count). The molecule has 88 valence electrons. The first-order valence-corrected chi connectivity index (χ1v) is 5.35. The van der Waals surface area contributed by atoms with Crippen LogP contribution >= 0.6 is 0 Å². The number of ether oxygens (including phenoxy) is 2. The minimum Gasteiger partial charge on any atom is -0.468 e. The summed E-state index contributed by atoms with van der Waals surface area (Å²) in [6, 6.07) is 1.58. The molecule has 0 saturated carbocycles. The Hall–Kier alpha value is -1.33. The van der Waals surface area contributed by atoms with Gasteiger partial charge < -0.3 is 14.5 Å². The van der Waals surface area contributed by atoms with Gasteiger partial charge in [0.15, 0.2) is 0 Å². The number of morpholine rings is 1. The van der Waals surface area contributed by atoms with E-state index in [0.29, 0.717) is 13.2 Å². The average Bonchev–Trinajstić information content (AvgIpc) is 2.84. The summed E-state index contributed by atoms with van der Waals surface area (Å²) in [6.45, 7) is 2.84. The van der Waals surface area contributed by atoms with Gasteiger partial charge in [-0.05, 0) is 11.6 Å². The number of hydrogen-bond donors (Lipinski definition) is 1. The van der Waals surface area contributed by atoms with Gasteiger partial charge in [0.25, 0.3) is 0 Å². The van der Waals surface area contributed by atoms with Crippen molar-refractivity contribution in [3.8, 4) is 0 Å². The van der Waals surface area contributed by atoms with Crippen LogP contribution in [0.5, 0.6) is 0 Å². The number of methoxy groups -OCH3 is 1. The van der Waals surface area contributed by atoms with Gasteiger partial charge in [-0.2, -0.15) is 0 Å². The van der Waals surface area contributed by atoms with Gasteiger partial charge in [0, 0.05) is 25.5 Å². The van der Waals surface area contributed by atoms with E-state index in [-0.39, 0.29) is 12.0 Å². The van der Waals surface area contributed by atoms with Crippen LogP contribution in [0.2, 0.25) is 0 Å². The van der Waals surface area contributed by atoms with E-state index in [0.717, 1.165) is 18.7 Å². The molecule has 1 unspecified atom stereocenters. The van der Waals surface area contributed by atoms with Crippen LogP contribution in [0.1, 0.15) is 11.6 Å². The largest absolute Gasteiger partial charge is 0.468 e. The van der Waals surface area contributed by atoms with Crippen LogP contribution in [0, 0.1) is 0 Å². The third-order valence-electron chi connectivity index (χ3n) is 2.77. The Bertz CT molecular complexity index is 331. The van der Waals surface area contributed by atoms with Gasteiger partial charge >= 0.3 is 5.97 Å². The van der Waals surface area contributed by atoms with Gasteiger partial charge in [-0.3, -0.25) is 4.90 Å². The van der Waals surface area contributed by atoms with Crippen molar-refractivity contribution in [1.82, 2.24) is 9.88 Å². The van der Waals surface area contributed by atoms with Crippen LogP contribution < -0.4 is 0 Å². The number of aromatic amines is 1. The summed E-state index contributed by atoms with van der Waals surface area (Å²) >= 11 is 0. The van der Waals surface area contributed by atoms with Crippen molar-refractivity contribution < 1.29 is 14.3 Å². The third-order valence-corrected chi connectivity index (χ3v) is 2.77. The third kappa shape index (κ3) is 2.25. The van der Waals surface area contributed by atoms with Gasteiger partial charge in [0.1, 0.15) is 6.04 Å². The first-order valence-electron chi connectivity index (χ1n) is 5.35. The maximum absolute atomic E-state index is 11.8. The number of hydrogen-bond acceptors (Lipinski definition) is 4. The Morgan fingerprint density at radius 3 is 2.88 bits per heavy atom. The van der Waals surface area contributed by atoms with Crippen LogP contribution in [-0.2, 0) is 14.3 Å². The molecule has 0 amide bonds. The van der Waals surface area contributed by atoms with Crippen LogP contribution in [-0.4, -0.2) is 49.3 Å². The first-order chi connectivity index (χ1) is 7.83. The second-order valence-corrected chi connectivity index (χ2v) is 3.72. The molecule has 0 aromatic carbocycles. The lowest BCUT2D eigenvalue weighted by atomic mass is 10.1. The van der Waals surface area contributed by atoms with E-state index in [4.69, 9.17) is 9.47 Å². The fourth-order valence-electron chi connectivity index (χ4n) is 1.95. The molecule has 0 spiro atoms. The molecule has 1 aromatic heterocycles. The molecule has 2 heterocycles. The van der Waals surface area contributed by atoms with Crippen LogP contribution in [0.25, 0.3) is 0 Å². The summed E-state index contributed by atoms with van der Waals surface area (Å²) in [5.41, 5.74) is 0.939. The lowest BCUT2D eigenvalue weighted by Crippen LogP contribution is -2.42. The van der Waals surface area contributed by atoms with E-state index in [2.05, 4.69) is 9.88 Å². The number of H-pyrrole nitrogens is 1. The number of aromatic nitrogens is 1. The van der Waals surface area contributed by atoms with Gasteiger partial charge in [-0.15, -0.1) is 0 Å². The Balaban J connectivity index is 2.17. The van der Waals surface area contributed by atoms with Crippen LogP contribution in [0.15, 0.2) is 18.5 Å². The van der Waals surface area contributed by atoms with Crippen molar-refractivity contribution in [3.63, 3.8) is 0 Å². The summed E-state index contributed by atoms with van der Waals surface area (Å²) in [5.74, 6) is -0.221. The van der Waals surface area contributed by atoms with E-state index in [1.165, 1.54) is 7.11 Å². The van der Waals surface area contributed by atoms with E-state index in [1.807, 2.05) is 18.5 Å². The lowest BCUT2D eigenvalue weighted by Gasteiger charge is -2.32. The number of esters is 1.